The Labute approximate surface area is 67.9 Å². The Kier molecular flexibility index (Phi) is 5.07. The van der Waals surface area contributed by atoms with Crippen LogP contribution in [0.25, 0.3) is 0 Å². The number of rotatable bonds is 1. The van der Waals surface area contributed by atoms with Gasteiger partial charge in [0.25, 0.3) is 0 Å². The monoisotopic (exact) mass is 153 g/mol. The molecule has 62 valence electrons. The Morgan fingerprint density at radius 1 is 1.36 bits per heavy atom. The van der Waals surface area contributed by atoms with Gasteiger partial charge in [0, 0.05) is 7.05 Å². The molecule has 11 heavy (non-hydrogen) atoms. The van der Waals surface area contributed by atoms with Gasteiger partial charge in [0.05, 0.1) is 17.6 Å². The predicted octanol–water partition coefficient (Wildman–Crippen LogP) is 1.85. The van der Waals surface area contributed by atoms with E-state index in [0.717, 1.165) is 11.4 Å². The summed E-state index contributed by atoms with van der Waals surface area (Å²) >= 11 is 0. The highest BCUT2D eigenvalue weighted by Crippen LogP contribution is 2.01. The highest BCUT2D eigenvalue weighted by Gasteiger charge is 1.87. The molecular formula is C8H15N3. The first-order valence-electron chi connectivity index (χ1n) is 3.80. The van der Waals surface area contributed by atoms with Gasteiger partial charge in [-0.3, -0.25) is 0 Å². The summed E-state index contributed by atoms with van der Waals surface area (Å²) in [6, 6.07) is 1.94. The van der Waals surface area contributed by atoms with Crippen LogP contribution < -0.4 is 5.32 Å². The number of nitrogens with one attached hydrogen (secondary N) is 1. The second-order valence-electron chi connectivity index (χ2n) is 1.84. The molecule has 0 saturated carbocycles. The van der Waals surface area contributed by atoms with Crippen LogP contribution in [0.4, 0.5) is 5.69 Å². The molecule has 0 aliphatic carbocycles. The van der Waals surface area contributed by atoms with E-state index in [1.807, 2.05) is 33.9 Å². The SMILES string of the molecule is CC.CNc1cnnc(C)c1. The van der Waals surface area contributed by atoms with Crippen molar-refractivity contribution < 1.29 is 0 Å². The largest absolute Gasteiger partial charge is 0.387 e. The lowest BCUT2D eigenvalue weighted by molar-refractivity contribution is 0.981. The summed E-state index contributed by atoms with van der Waals surface area (Å²) in [5.74, 6) is 0. The smallest absolute Gasteiger partial charge is 0.0727 e. The Hall–Kier alpha value is -1.12. The van der Waals surface area contributed by atoms with Crippen molar-refractivity contribution >= 4 is 5.69 Å². The average molecular weight is 153 g/mol. The van der Waals surface area contributed by atoms with E-state index in [0.29, 0.717) is 0 Å². The molecule has 0 unspecified atom stereocenters. The van der Waals surface area contributed by atoms with Crippen molar-refractivity contribution in [2.75, 3.05) is 12.4 Å². The van der Waals surface area contributed by atoms with Crippen LogP contribution in [0, 0.1) is 6.92 Å². The molecule has 1 heterocycles. The molecule has 0 saturated heterocycles. The maximum absolute atomic E-state index is 3.80. The van der Waals surface area contributed by atoms with Crippen LogP contribution >= 0.6 is 0 Å². The summed E-state index contributed by atoms with van der Waals surface area (Å²) < 4.78 is 0. The van der Waals surface area contributed by atoms with E-state index in [1.54, 1.807) is 6.20 Å². The van der Waals surface area contributed by atoms with E-state index in [-0.39, 0.29) is 0 Å². The summed E-state index contributed by atoms with van der Waals surface area (Å²) in [4.78, 5) is 0. The molecular weight excluding hydrogens is 138 g/mol. The average Bonchev–Trinajstić information content (AvgIpc) is 2.08. The molecule has 0 bridgehead atoms. The van der Waals surface area contributed by atoms with Gasteiger partial charge >= 0.3 is 0 Å². The zero-order chi connectivity index (χ0) is 8.69. The van der Waals surface area contributed by atoms with Crippen LogP contribution in [0.3, 0.4) is 0 Å². The van der Waals surface area contributed by atoms with Crippen molar-refractivity contribution in [1.82, 2.24) is 10.2 Å². The molecule has 0 radical (unpaired) electrons. The number of hydrogen-bond donors (Lipinski definition) is 1. The van der Waals surface area contributed by atoms with Gasteiger partial charge in [0.2, 0.25) is 0 Å². The molecule has 0 aliphatic rings. The Morgan fingerprint density at radius 3 is 2.36 bits per heavy atom. The molecule has 3 nitrogen and oxygen atoms in total. The van der Waals surface area contributed by atoms with E-state index in [2.05, 4.69) is 15.5 Å². The standard InChI is InChI=1S/C6H9N3.C2H6/c1-5-3-6(7-2)4-8-9-5;1-2/h3-4H,1-2H3,(H,7,9);1-2H3. The molecule has 0 fully saturated rings. The van der Waals surface area contributed by atoms with Gasteiger partial charge in [-0.2, -0.15) is 10.2 Å². The lowest BCUT2D eigenvalue weighted by Crippen LogP contribution is -1.91. The molecule has 0 atom stereocenters. The van der Waals surface area contributed by atoms with Gasteiger partial charge < -0.3 is 5.32 Å². The fraction of sp³-hybridized carbons (Fsp3) is 0.500. The van der Waals surface area contributed by atoms with Crippen LogP contribution in [0.5, 0.6) is 0 Å². The van der Waals surface area contributed by atoms with Crippen LogP contribution in [-0.2, 0) is 0 Å². The number of aromatic nitrogens is 2. The summed E-state index contributed by atoms with van der Waals surface area (Å²) in [6.07, 6.45) is 1.69. The lowest BCUT2D eigenvalue weighted by atomic mass is 10.4. The Morgan fingerprint density at radius 2 is 2.00 bits per heavy atom. The molecule has 0 aromatic carbocycles. The van der Waals surface area contributed by atoms with E-state index < -0.39 is 0 Å². The van der Waals surface area contributed by atoms with Crippen molar-refractivity contribution in [3.05, 3.63) is 18.0 Å². The third-order valence-electron chi connectivity index (χ3n) is 1.07. The third kappa shape index (κ3) is 3.55. The minimum Gasteiger partial charge on any atom is -0.387 e. The van der Waals surface area contributed by atoms with Crippen molar-refractivity contribution in [2.24, 2.45) is 0 Å². The Balaban J connectivity index is 0.000000461. The summed E-state index contributed by atoms with van der Waals surface area (Å²) in [5.41, 5.74) is 1.93. The minimum absolute atomic E-state index is 0.932. The normalized spacial score (nSPS) is 8.00. The zero-order valence-electron chi connectivity index (χ0n) is 7.55. The fourth-order valence-electron chi connectivity index (χ4n) is 0.610. The second-order valence-corrected chi connectivity index (χ2v) is 1.84. The van der Waals surface area contributed by atoms with E-state index >= 15 is 0 Å². The van der Waals surface area contributed by atoms with Gasteiger partial charge in [-0.1, -0.05) is 13.8 Å². The maximum atomic E-state index is 3.80. The number of anilines is 1. The fourth-order valence-corrected chi connectivity index (χ4v) is 0.610. The molecule has 0 spiro atoms. The Bertz CT molecular complexity index is 198. The number of aryl methyl sites for hydroxylation is 1. The van der Waals surface area contributed by atoms with Gasteiger partial charge in [0.1, 0.15) is 0 Å². The third-order valence-corrected chi connectivity index (χ3v) is 1.07. The molecule has 3 heteroatoms. The number of nitrogens with zero attached hydrogens (tertiary/aromatic N) is 2. The van der Waals surface area contributed by atoms with Crippen molar-refractivity contribution in [3.8, 4) is 0 Å². The molecule has 1 rings (SSSR count). The first kappa shape index (κ1) is 9.88. The van der Waals surface area contributed by atoms with Crippen LogP contribution in [0.1, 0.15) is 19.5 Å². The number of hydrogen-bond acceptors (Lipinski definition) is 3. The maximum Gasteiger partial charge on any atom is 0.0727 e. The lowest BCUT2D eigenvalue weighted by Gasteiger charge is -1.96. The van der Waals surface area contributed by atoms with Crippen molar-refractivity contribution in [3.63, 3.8) is 0 Å². The summed E-state index contributed by atoms with van der Waals surface area (Å²) in [7, 11) is 1.86. The summed E-state index contributed by atoms with van der Waals surface area (Å²) in [6.45, 7) is 5.91. The first-order valence-corrected chi connectivity index (χ1v) is 3.80. The molecule has 1 N–H and O–H groups in total. The predicted molar refractivity (Wildman–Crippen MR) is 47.7 cm³/mol. The van der Waals surface area contributed by atoms with E-state index in [1.165, 1.54) is 0 Å². The van der Waals surface area contributed by atoms with Gasteiger partial charge in [-0.25, -0.2) is 0 Å². The van der Waals surface area contributed by atoms with Crippen LogP contribution in [0.15, 0.2) is 12.3 Å². The summed E-state index contributed by atoms with van der Waals surface area (Å²) in [5, 5.41) is 10.5. The van der Waals surface area contributed by atoms with Gasteiger partial charge in [-0.15, -0.1) is 0 Å². The molecule has 0 aliphatic heterocycles. The zero-order valence-corrected chi connectivity index (χ0v) is 7.55. The topological polar surface area (TPSA) is 37.8 Å². The highest BCUT2D eigenvalue weighted by atomic mass is 15.1. The van der Waals surface area contributed by atoms with Crippen LogP contribution in [0.2, 0.25) is 0 Å². The quantitative estimate of drug-likeness (QED) is 0.669. The van der Waals surface area contributed by atoms with Crippen molar-refractivity contribution in [1.29, 1.82) is 0 Å². The second kappa shape index (κ2) is 5.65. The first-order chi connectivity index (χ1) is 5.33. The highest BCUT2D eigenvalue weighted by molar-refractivity contribution is 5.39. The van der Waals surface area contributed by atoms with E-state index in [9.17, 15) is 0 Å². The minimum atomic E-state index is 0.932. The van der Waals surface area contributed by atoms with E-state index in [4.69, 9.17) is 0 Å². The molecule has 1 aromatic rings. The van der Waals surface area contributed by atoms with Crippen LogP contribution in [-0.4, -0.2) is 17.2 Å². The molecule has 0 amide bonds. The van der Waals surface area contributed by atoms with Gasteiger partial charge in [-0.05, 0) is 13.0 Å². The van der Waals surface area contributed by atoms with Gasteiger partial charge in [0.15, 0.2) is 0 Å². The molecule has 1 aromatic heterocycles. The van der Waals surface area contributed by atoms with Crippen molar-refractivity contribution in [2.45, 2.75) is 20.8 Å².